The van der Waals surface area contributed by atoms with Gasteiger partial charge in [0, 0.05) is 0 Å². The highest BCUT2D eigenvalue weighted by Gasteiger charge is 2.15. The zero-order chi connectivity index (χ0) is 28.2. The van der Waals surface area contributed by atoms with Crippen LogP contribution in [0.4, 0.5) is 0 Å². The lowest BCUT2D eigenvalue weighted by Crippen LogP contribution is -2.08. The highest BCUT2D eigenvalue weighted by molar-refractivity contribution is 4.68. The van der Waals surface area contributed by atoms with Crippen LogP contribution in [0, 0.1) is 40.4 Å². The SMILES string of the molecule is CC(C)CC1CCCC1.CC(C)CC1CCCCC1.CC(C)CCC(C)(C)C.CCCCC(C)(C)C. The van der Waals surface area contributed by atoms with Crippen LogP contribution in [0.25, 0.3) is 0 Å². The Labute approximate surface area is 233 Å². The summed E-state index contributed by atoms with van der Waals surface area (Å²) in [6, 6.07) is 0. The van der Waals surface area contributed by atoms with Gasteiger partial charge in [0.15, 0.2) is 0 Å². The van der Waals surface area contributed by atoms with Crippen molar-refractivity contribution in [2.45, 2.75) is 193 Å². The summed E-state index contributed by atoms with van der Waals surface area (Å²) in [5.41, 5.74) is 1.08. The monoisotopic (exact) mass is 509 g/mol. The molecule has 0 N–H and O–H groups in total. The van der Waals surface area contributed by atoms with E-state index in [-0.39, 0.29) is 0 Å². The number of hydrogen-bond acceptors (Lipinski definition) is 0. The zero-order valence-electron chi connectivity index (χ0n) is 28.2. The summed E-state index contributed by atoms with van der Waals surface area (Å²) in [6.07, 6.45) is 23.3. The van der Waals surface area contributed by atoms with Crippen molar-refractivity contribution in [3.05, 3.63) is 0 Å². The predicted molar refractivity (Wildman–Crippen MR) is 170 cm³/mol. The van der Waals surface area contributed by atoms with Crippen LogP contribution in [-0.4, -0.2) is 0 Å². The molecule has 36 heavy (non-hydrogen) atoms. The molecule has 0 nitrogen and oxygen atoms in total. The first-order valence-corrected chi connectivity index (χ1v) is 16.6. The summed E-state index contributed by atoms with van der Waals surface area (Å²) >= 11 is 0. The standard InChI is InChI=1S/C10H20.C9H18.C9H20.C8H18/c1-9(2)8-10-6-4-3-5-7-10;1-8(2)7-9-5-3-4-6-9;1-8(2)6-7-9(3,4)5;1-5-6-7-8(2,3)4/h9-10H,3-8H2,1-2H3;8-9H,3-7H2,1-2H3;8H,6-7H2,1-5H3;5-7H2,1-4H3. The summed E-state index contributed by atoms with van der Waals surface area (Å²) in [5, 5.41) is 0. The molecule has 0 spiro atoms. The number of hydrogen-bond donors (Lipinski definition) is 0. The molecule has 2 rings (SSSR count). The number of unbranched alkanes of at least 4 members (excludes halogenated alkanes) is 1. The van der Waals surface area contributed by atoms with Crippen molar-refractivity contribution >= 4 is 0 Å². The molecule has 2 fully saturated rings. The third-order valence-electron chi connectivity index (χ3n) is 7.56. The van der Waals surface area contributed by atoms with Gasteiger partial charge in [0.1, 0.15) is 0 Å². The molecule has 0 radical (unpaired) electrons. The Morgan fingerprint density at radius 1 is 0.528 bits per heavy atom. The highest BCUT2D eigenvalue weighted by Crippen LogP contribution is 2.30. The Morgan fingerprint density at radius 2 is 0.889 bits per heavy atom. The summed E-state index contributed by atoms with van der Waals surface area (Å²) in [7, 11) is 0. The predicted octanol–water partition coefficient (Wildman–Crippen LogP) is 13.5. The molecule has 0 aromatic heterocycles. The molecule has 0 heterocycles. The maximum Gasteiger partial charge on any atom is -0.0383 e. The molecule has 2 aliphatic rings. The van der Waals surface area contributed by atoms with Crippen molar-refractivity contribution in [3.63, 3.8) is 0 Å². The molecular weight excluding hydrogens is 432 g/mol. The smallest absolute Gasteiger partial charge is 0.0383 e. The first-order valence-electron chi connectivity index (χ1n) is 16.6. The topological polar surface area (TPSA) is 0 Å². The molecule has 2 saturated carbocycles. The van der Waals surface area contributed by atoms with Crippen LogP contribution in [0.2, 0.25) is 0 Å². The molecule has 0 heteroatoms. The van der Waals surface area contributed by atoms with Gasteiger partial charge in [-0.2, -0.15) is 0 Å². The van der Waals surface area contributed by atoms with E-state index in [9.17, 15) is 0 Å². The van der Waals surface area contributed by atoms with Crippen molar-refractivity contribution in [1.29, 1.82) is 0 Å². The van der Waals surface area contributed by atoms with E-state index in [1.54, 1.807) is 0 Å². The maximum absolute atomic E-state index is 2.34. The second kappa shape index (κ2) is 21.9. The Hall–Kier alpha value is 0. The molecule has 0 amide bonds. The minimum absolute atomic E-state index is 0.532. The van der Waals surface area contributed by atoms with Gasteiger partial charge in [-0.15, -0.1) is 0 Å². The van der Waals surface area contributed by atoms with Crippen LogP contribution in [-0.2, 0) is 0 Å². The lowest BCUT2D eigenvalue weighted by Gasteiger charge is -2.22. The molecule has 0 aromatic carbocycles. The van der Waals surface area contributed by atoms with E-state index >= 15 is 0 Å². The Kier molecular flexibility index (Phi) is 23.2. The minimum atomic E-state index is 0.532. The van der Waals surface area contributed by atoms with Crippen LogP contribution >= 0.6 is 0 Å². The van der Waals surface area contributed by atoms with E-state index in [0.29, 0.717) is 10.8 Å². The van der Waals surface area contributed by atoms with Crippen molar-refractivity contribution in [1.82, 2.24) is 0 Å². The second-order valence-electron chi connectivity index (χ2n) is 16.1. The van der Waals surface area contributed by atoms with Gasteiger partial charge in [-0.1, -0.05) is 167 Å². The molecule has 220 valence electrons. The molecule has 0 aliphatic heterocycles. The molecule has 0 unspecified atom stereocenters. The van der Waals surface area contributed by atoms with Gasteiger partial charge in [0.05, 0.1) is 0 Å². The van der Waals surface area contributed by atoms with Gasteiger partial charge in [-0.3, -0.25) is 0 Å². The zero-order valence-corrected chi connectivity index (χ0v) is 28.2. The quantitative estimate of drug-likeness (QED) is 0.306. The van der Waals surface area contributed by atoms with E-state index in [1.165, 1.54) is 103 Å². The average molecular weight is 509 g/mol. The van der Waals surface area contributed by atoms with Crippen LogP contribution in [0.5, 0.6) is 0 Å². The van der Waals surface area contributed by atoms with Gasteiger partial charge in [-0.05, 0) is 66.1 Å². The Balaban J connectivity index is 0. The average Bonchev–Trinajstić information content (AvgIpc) is 3.24. The summed E-state index contributed by atoms with van der Waals surface area (Å²) < 4.78 is 0. The first kappa shape index (κ1) is 38.1. The molecule has 2 aliphatic carbocycles. The van der Waals surface area contributed by atoms with Crippen LogP contribution in [0.1, 0.15) is 193 Å². The second-order valence-corrected chi connectivity index (χ2v) is 16.1. The van der Waals surface area contributed by atoms with E-state index in [1.807, 2.05) is 0 Å². The minimum Gasteiger partial charge on any atom is -0.0654 e. The molecule has 0 saturated heterocycles. The molecule has 0 aromatic rings. The van der Waals surface area contributed by atoms with Crippen LogP contribution in [0.15, 0.2) is 0 Å². The maximum atomic E-state index is 2.34. The Morgan fingerprint density at radius 3 is 1.11 bits per heavy atom. The fraction of sp³-hybridized carbons (Fsp3) is 1.00. The van der Waals surface area contributed by atoms with E-state index in [0.717, 1.165) is 29.6 Å². The van der Waals surface area contributed by atoms with Crippen molar-refractivity contribution < 1.29 is 0 Å². The lowest BCUT2D eigenvalue weighted by atomic mass is 9.84. The lowest BCUT2D eigenvalue weighted by molar-refractivity contribution is 0.305. The summed E-state index contributed by atoms with van der Waals surface area (Å²) in [5.74, 6) is 4.87. The summed E-state index contributed by atoms with van der Waals surface area (Å²) in [4.78, 5) is 0. The fourth-order valence-electron chi connectivity index (χ4n) is 5.43. The molecule has 0 bridgehead atoms. The van der Waals surface area contributed by atoms with E-state index < -0.39 is 0 Å². The van der Waals surface area contributed by atoms with Crippen molar-refractivity contribution in [3.8, 4) is 0 Å². The van der Waals surface area contributed by atoms with Gasteiger partial charge in [0.2, 0.25) is 0 Å². The van der Waals surface area contributed by atoms with Crippen LogP contribution in [0.3, 0.4) is 0 Å². The van der Waals surface area contributed by atoms with Gasteiger partial charge < -0.3 is 0 Å². The third-order valence-corrected chi connectivity index (χ3v) is 7.56. The largest absolute Gasteiger partial charge is 0.0654 e. The normalized spacial score (nSPS) is 17.3. The first-order chi connectivity index (χ1) is 16.6. The Bertz CT molecular complexity index is 430. The highest BCUT2D eigenvalue weighted by atomic mass is 14.2. The third kappa shape index (κ3) is 32.0. The van der Waals surface area contributed by atoms with Crippen molar-refractivity contribution in [2.24, 2.45) is 40.4 Å². The van der Waals surface area contributed by atoms with Crippen molar-refractivity contribution in [2.75, 3.05) is 0 Å². The summed E-state index contributed by atoms with van der Waals surface area (Å²) in [6.45, 7) is 29.9. The van der Waals surface area contributed by atoms with E-state index in [2.05, 4.69) is 90.0 Å². The fourth-order valence-corrected chi connectivity index (χ4v) is 5.43. The van der Waals surface area contributed by atoms with Gasteiger partial charge >= 0.3 is 0 Å². The molecule has 0 atom stereocenters. The van der Waals surface area contributed by atoms with Crippen LogP contribution < -0.4 is 0 Å². The van der Waals surface area contributed by atoms with E-state index in [4.69, 9.17) is 0 Å². The number of rotatable bonds is 8. The van der Waals surface area contributed by atoms with Gasteiger partial charge in [0.25, 0.3) is 0 Å². The van der Waals surface area contributed by atoms with Gasteiger partial charge in [-0.25, -0.2) is 0 Å². The molecular formula is C36H76.